The first-order valence-corrected chi connectivity index (χ1v) is 10.8. The minimum absolute atomic E-state index is 0.0296. The van der Waals surface area contributed by atoms with Crippen LogP contribution in [0.2, 0.25) is 0 Å². The van der Waals surface area contributed by atoms with Crippen LogP contribution in [0, 0.1) is 12.8 Å². The van der Waals surface area contributed by atoms with Crippen LogP contribution in [0.25, 0.3) is 0 Å². The minimum Gasteiger partial charge on any atom is -0.352 e. The van der Waals surface area contributed by atoms with Gasteiger partial charge in [-0.25, -0.2) is 0 Å². The Morgan fingerprint density at radius 3 is 2.27 bits per heavy atom. The molecule has 0 radical (unpaired) electrons. The number of rotatable bonds is 4. The van der Waals surface area contributed by atoms with E-state index in [-0.39, 0.29) is 17.9 Å². The SMILES string of the molecule is CC(=O)N[C@@H]1CN(S(=O)(=O)N2CCC(C)CC2)C[C@H]1c1ccc(C)cc1. The number of carbonyl (C=O) groups excluding carboxylic acids is 1. The average molecular weight is 380 g/mol. The normalized spacial score (nSPS) is 26.1. The molecule has 0 unspecified atom stereocenters. The number of hydrogen-bond donors (Lipinski definition) is 1. The predicted molar refractivity (Wildman–Crippen MR) is 102 cm³/mol. The van der Waals surface area contributed by atoms with Crippen molar-refractivity contribution in [3.8, 4) is 0 Å². The van der Waals surface area contributed by atoms with E-state index in [1.165, 1.54) is 6.92 Å². The fourth-order valence-corrected chi connectivity index (χ4v) is 5.59. The first-order valence-electron chi connectivity index (χ1n) is 9.36. The van der Waals surface area contributed by atoms with Gasteiger partial charge >= 0.3 is 0 Å². The molecule has 0 saturated carbocycles. The molecule has 1 amide bonds. The van der Waals surface area contributed by atoms with Crippen molar-refractivity contribution in [2.24, 2.45) is 5.92 Å². The highest BCUT2D eigenvalue weighted by atomic mass is 32.2. The Hall–Kier alpha value is -1.44. The van der Waals surface area contributed by atoms with E-state index in [0.29, 0.717) is 32.1 Å². The highest BCUT2D eigenvalue weighted by molar-refractivity contribution is 7.86. The van der Waals surface area contributed by atoms with Gasteiger partial charge in [0.1, 0.15) is 0 Å². The van der Waals surface area contributed by atoms with Gasteiger partial charge in [0.25, 0.3) is 10.2 Å². The van der Waals surface area contributed by atoms with E-state index >= 15 is 0 Å². The lowest BCUT2D eigenvalue weighted by molar-refractivity contribution is -0.119. The Morgan fingerprint density at radius 2 is 1.69 bits per heavy atom. The third-order valence-electron chi connectivity index (χ3n) is 5.58. The van der Waals surface area contributed by atoms with Gasteiger partial charge < -0.3 is 5.32 Å². The summed E-state index contributed by atoms with van der Waals surface area (Å²) in [5.41, 5.74) is 2.23. The maximum Gasteiger partial charge on any atom is 0.282 e. The summed E-state index contributed by atoms with van der Waals surface area (Å²) >= 11 is 0. The van der Waals surface area contributed by atoms with Crippen molar-refractivity contribution in [1.82, 2.24) is 13.9 Å². The van der Waals surface area contributed by atoms with Crippen LogP contribution in [-0.4, -0.2) is 55.2 Å². The van der Waals surface area contributed by atoms with E-state index in [0.717, 1.165) is 24.0 Å². The molecule has 2 aliphatic rings. The predicted octanol–water partition coefficient (Wildman–Crippen LogP) is 1.88. The maximum absolute atomic E-state index is 13.1. The lowest BCUT2D eigenvalue weighted by Gasteiger charge is -2.32. The summed E-state index contributed by atoms with van der Waals surface area (Å²) in [7, 11) is -3.49. The van der Waals surface area contributed by atoms with E-state index in [1.807, 2.05) is 31.2 Å². The molecule has 3 rings (SSSR count). The van der Waals surface area contributed by atoms with E-state index < -0.39 is 10.2 Å². The van der Waals surface area contributed by atoms with Gasteiger partial charge in [0.05, 0.1) is 6.04 Å². The summed E-state index contributed by atoms with van der Waals surface area (Å²) in [5, 5.41) is 2.95. The molecule has 2 atom stereocenters. The van der Waals surface area contributed by atoms with Crippen molar-refractivity contribution in [1.29, 1.82) is 0 Å². The van der Waals surface area contributed by atoms with E-state index in [2.05, 4.69) is 12.2 Å². The molecule has 0 spiro atoms. The number of hydrogen-bond acceptors (Lipinski definition) is 3. The number of piperidine rings is 1. The first-order chi connectivity index (χ1) is 12.3. The molecule has 7 heteroatoms. The molecule has 2 heterocycles. The van der Waals surface area contributed by atoms with Crippen molar-refractivity contribution in [2.45, 2.75) is 45.6 Å². The Kier molecular flexibility index (Phi) is 5.69. The van der Waals surface area contributed by atoms with Crippen LogP contribution in [-0.2, 0) is 15.0 Å². The van der Waals surface area contributed by atoms with Gasteiger partial charge in [-0.15, -0.1) is 0 Å². The highest BCUT2D eigenvalue weighted by Crippen LogP contribution is 2.31. The molecular formula is C19H29N3O3S. The van der Waals surface area contributed by atoms with Crippen LogP contribution in [0.3, 0.4) is 0 Å². The Balaban J connectivity index is 1.81. The van der Waals surface area contributed by atoms with Gasteiger partial charge in [0, 0.05) is 39.0 Å². The van der Waals surface area contributed by atoms with E-state index in [9.17, 15) is 13.2 Å². The number of benzene rings is 1. The summed E-state index contributed by atoms with van der Waals surface area (Å²) in [6.07, 6.45) is 1.81. The highest BCUT2D eigenvalue weighted by Gasteiger charge is 2.42. The fraction of sp³-hybridized carbons (Fsp3) is 0.632. The second-order valence-corrected chi connectivity index (χ2v) is 9.66. The average Bonchev–Trinajstić information content (AvgIpc) is 3.00. The molecule has 6 nitrogen and oxygen atoms in total. The van der Waals surface area contributed by atoms with E-state index in [4.69, 9.17) is 0 Å². The summed E-state index contributed by atoms with van der Waals surface area (Å²) in [6, 6.07) is 7.93. The van der Waals surface area contributed by atoms with Gasteiger partial charge in [-0.2, -0.15) is 17.0 Å². The van der Waals surface area contributed by atoms with Gasteiger partial charge in [0.15, 0.2) is 0 Å². The molecule has 1 N–H and O–H groups in total. The Morgan fingerprint density at radius 1 is 1.08 bits per heavy atom. The van der Waals surface area contributed by atoms with Crippen LogP contribution < -0.4 is 5.32 Å². The lowest BCUT2D eigenvalue weighted by Crippen LogP contribution is -2.47. The summed E-state index contributed by atoms with van der Waals surface area (Å²) in [6.45, 7) is 7.57. The molecular weight excluding hydrogens is 350 g/mol. The van der Waals surface area contributed by atoms with Gasteiger partial charge in [-0.3, -0.25) is 4.79 Å². The smallest absolute Gasteiger partial charge is 0.282 e. The quantitative estimate of drug-likeness (QED) is 0.868. The summed E-state index contributed by atoms with van der Waals surface area (Å²) in [5.74, 6) is 0.420. The Labute approximate surface area is 156 Å². The number of amides is 1. The second kappa shape index (κ2) is 7.66. The number of aryl methyl sites for hydroxylation is 1. The second-order valence-electron chi connectivity index (χ2n) is 7.73. The third kappa shape index (κ3) is 4.10. The zero-order valence-electron chi connectivity index (χ0n) is 15.8. The van der Waals surface area contributed by atoms with Crippen LogP contribution in [0.4, 0.5) is 0 Å². The molecule has 1 aromatic carbocycles. The summed E-state index contributed by atoms with van der Waals surface area (Å²) in [4.78, 5) is 11.6. The monoisotopic (exact) mass is 379 g/mol. The van der Waals surface area contributed by atoms with Crippen LogP contribution >= 0.6 is 0 Å². The molecule has 144 valence electrons. The topological polar surface area (TPSA) is 69.7 Å². The van der Waals surface area contributed by atoms with Crippen molar-refractivity contribution in [3.05, 3.63) is 35.4 Å². The largest absolute Gasteiger partial charge is 0.352 e. The van der Waals surface area contributed by atoms with Crippen LogP contribution in [0.1, 0.15) is 43.7 Å². The fourth-order valence-electron chi connectivity index (χ4n) is 3.89. The molecule has 0 bridgehead atoms. The molecule has 2 saturated heterocycles. The van der Waals surface area contributed by atoms with Crippen molar-refractivity contribution in [2.75, 3.05) is 26.2 Å². The zero-order valence-corrected chi connectivity index (χ0v) is 16.6. The standard InChI is InChI=1S/C19H29N3O3S/c1-14-4-6-17(7-5-14)18-12-22(13-19(18)20-16(3)23)26(24,25)21-10-8-15(2)9-11-21/h4-7,15,18-19H,8-13H2,1-3H3,(H,20,23)/t18-,19+/m0/s1. The van der Waals surface area contributed by atoms with Crippen molar-refractivity contribution >= 4 is 16.1 Å². The molecule has 0 aromatic heterocycles. The van der Waals surface area contributed by atoms with Gasteiger partial charge in [0.2, 0.25) is 5.91 Å². The van der Waals surface area contributed by atoms with Crippen LogP contribution in [0.15, 0.2) is 24.3 Å². The molecule has 0 aliphatic carbocycles. The maximum atomic E-state index is 13.1. The van der Waals surface area contributed by atoms with Gasteiger partial charge in [-0.05, 0) is 31.2 Å². The molecule has 2 fully saturated rings. The Bertz CT molecular complexity index is 740. The van der Waals surface area contributed by atoms with E-state index in [1.54, 1.807) is 8.61 Å². The third-order valence-corrected chi connectivity index (χ3v) is 7.54. The molecule has 2 aliphatic heterocycles. The summed E-state index contributed by atoms with van der Waals surface area (Å²) < 4.78 is 29.3. The number of carbonyl (C=O) groups is 1. The van der Waals surface area contributed by atoms with Gasteiger partial charge in [-0.1, -0.05) is 36.8 Å². The number of nitrogens with zero attached hydrogens (tertiary/aromatic N) is 2. The zero-order chi connectivity index (χ0) is 18.9. The lowest BCUT2D eigenvalue weighted by atomic mass is 9.93. The van der Waals surface area contributed by atoms with Crippen LogP contribution in [0.5, 0.6) is 0 Å². The first kappa shape index (κ1) is 19.3. The van der Waals surface area contributed by atoms with Crippen molar-refractivity contribution in [3.63, 3.8) is 0 Å². The minimum atomic E-state index is -3.49. The molecule has 1 aromatic rings. The van der Waals surface area contributed by atoms with Crippen molar-refractivity contribution < 1.29 is 13.2 Å². The number of nitrogens with one attached hydrogen (secondary N) is 1. The molecule has 26 heavy (non-hydrogen) atoms.